The van der Waals surface area contributed by atoms with E-state index in [1.54, 1.807) is 10.6 Å². The van der Waals surface area contributed by atoms with E-state index in [2.05, 4.69) is 15.2 Å². The average Bonchev–Trinajstić information content (AvgIpc) is 3.22. The van der Waals surface area contributed by atoms with Crippen LogP contribution in [0.3, 0.4) is 0 Å². The summed E-state index contributed by atoms with van der Waals surface area (Å²) in [4.78, 5) is 32.1. The Kier molecular flexibility index (Phi) is 6.28. The summed E-state index contributed by atoms with van der Waals surface area (Å²) >= 11 is 0. The molecule has 2 aromatic heterocycles. The number of carbonyl (C=O) groups excluding carboxylic acids is 1. The van der Waals surface area contributed by atoms with Crippen molar-refractivity contribution in [1.82, 2.24) is 19.6 Å². The van der Waals surface area contributed by atoms with Crippen LogP contribution in [-0.4, -0.2) is 45.9 Å². The van der Waals surface area contributed by atoms with Gasteiger partial charge in [0.05, 0.1) is 0 Å². The number of likely N-dealkylation sites (tertiary alicyclic amines) is 1. The molecule has 1 amide bonds. The van der Waals surface area contributed by atoms with Crippen molar-refractivity contribution in [3.63, 3.8) is 0 Å². The molecule has 1 saturated carbocycles. The number of rotatable bonds is 6. The molecule has 29 heavy (non-hydrogen) atoms. The van der Waals surface area contributed by atoms with E-state index in [4.69, 9.17) is 0 Å². The molecule has 0 radical (unpaired) electrons. The predicted octanol–water partition coefficient (Wildman–Crippen LogP) is 2.71. The maximum absolute atomic E-state index is 12.8. The standard InChI is InChI=1S/C23H32N4O2/c1-17-20(23(29)27-12-5-4-8-21(27)24-17)11-15-26-13-9-19(10-14-26)25-22(28)16-18-6-2-3-7-18/h4-5,8,12,18-19H,2-3,6-7,9-11,13-16H2,1H3,(H,25,28). The molecule has 2 aromatic rings. The molecule has 3 heterocycles. The molecule has 0 atom stereocenters. The first kappa shape index (κ1) is 20.1. The summed E-state index contributed by atoms with van der Waals surface area (Å²) in [5.41, 5.74) is 2.38. The van der Waals surface area contributed by atoms with Crippen molar-refractivity contribution >= 4 is 11.6 Å². The van der Waals surface area contributed by atoms with E-state index in [0.29, 0.717) is 30.4 Å². The molecule has 1 aliphatic carbocycles. The zero-order valence-corrected chi connectivity index (χ0v) is 17.4. The highest BCUT2D eigenvalue weighted by Crippen LogP contribution is 2.27. The molecule has 2 aliphatic rings. The summed E-state index contributed by atoms with van der Waals surface area (Å²) in [7, 11) is 0. The zero-order chi connectivity index (χ0) is 20.2. The first-order valence-corrected chi connectivity index (χ1v) is 11.1. The monoisotopic (exact) mass is 396 g/mol. The van der Waals surface area contributed by atoms with Crippen LogP contribution in [0, 0.1) is 12.8 Å². The largest absolute Gasteiger partial charge is 0.353 e. The number of hydrogen-bond donors (Lipinski definition) is 1. The van der Waals surface area contributed by atoms with Crippen molar-refractivity contribution in [2.45, 2.75) is 64.3 Å². The number of aryl methyl sites for hydroxylation is 1. The normalized spacial score (nSPS) is 19.1. The molecule has 0 aromatic carbocycles. The summed E-state index contributed by atoms with van der Waals surface area (Å²) in [6.07, 6.45) is 10.2. The zero-order valence-electron chi connectivity index (χ0n) is 17.4. The van der Waals surface area contributed by atoms with Crippen LogP contribution < -0.4 is 10.9 Å². The van der Waals surface area contributed by atoms with E-state index >= 15 is 0 Å². The summed E-state index contributed by atoms with van der Waals surface area (Å²) in [6, 6.07) is 5.93. The Morgan fingerprint density at radius 2 is 1.93 bits per heavy atom. The summed E-state index contributed by atoms with van der Waals surface area (Å²) in [5.74, 6) is 0.842. The third-order valence-corrected chi connectivity index (χ3v) is 6.61. The Hall–Kier alpha value is -2.21. The highest BCUT2D eigenvalue weighted by molar-refractivity contribution is 5.76. The van der Waals surface area contributed by atoms with Crippen LogP contribution in [-0.2, 0) is 11.2 Å². The molecular weight excluding hydrogens is 364 g/mol. The van der Waals surface area contributed by atoms with Crippen LogP contribution in [0.15, 0.2) is 29.2 Å². The van der Waals surface area contributed by atoms with E-state index in [1.165, 1.54) is 25.7 Å². The lowest BCUT2D eigenvalue weighted by atomic mass is 10.0. The maximum atomic E-state index is 12.8. The molecule has 2 fully saturated rings. The Balaban J connectivity index is 1.26. The average molecular weight is 397 g/mol. The topological polar surface area (TPSA) is 66.7 Å². The van der Waals surface area contributed by atoms with Crippen molar-refractivity contribution in [1.29, 1.82) is 0 Å². The van der Waals surface area contributed by atoms with Crippen LogP contribution >= 0.6 is 0 Å². The minimum Gasteiger partial charge on any atom is -0.353 e. The lowest BCUT2D eigenvalue weighted by Gasteiger charge is -2.32. The second kappa shape index (κ2) is 9.08. The van der Waals surface area contributed by atoms with Crippen molar-refractivity contribution in [3.8, 4) is 0 Å². The smallest absolute Gasteiger partial charge is 0.261 e. The first-order valence-electron chi connectivity index (χ1n) is 11.1. The molecule has 0 bridgehead atoms. The third-order valence-electron chi connectivity index (χ3n) is 6.61. The quantitative estimate of drug-likeness (QED) is 0.815. The Bertz CT molecular complexity index is 909. The number of fused-ring (bicyclic) bond motifs is 1. The van der Waals surface area contributed by atoms with Crippen molar-refractivity contribution in [2.75, 3.05) is 19.6 Å². The van der Waals surface area contributed by atoms with Gasteiger partial charge in [-0.3, -0.25) is 14.0 Å². The fraction of sp³-hybridized carbons (Fsp3) is 0.609. The van der Waals surface area contributed by atoms with Crippen molar-refractivity contribution in [3.05, 3.63) is 46.0 Å². The molecule has 1 aliphatic heterocycles. The van der Waals surface area contributed by atoms with Gasteiger partial charge in [-0.15, -0.1) is 0 Å². The second-order valence-electron chi connectivity index (χ2n) is 8.70. The van der Waals surface area contributed by atoms with Gasteiger partial charge in [-0.25, -0.2) is 4.98 Å². The molecule has 0 spiro atoms. The minimum atomic E-state index is 0.0437. The fourth-order valence-electron chi connectivity index (χ4n) is 4.86. The number of carbonyl (C=O) groups is 1. The maximum Gasteiger partial charge on any atom is 0.261 e. The number of aromatic nitrogens is 2. The van der Waals surface area contributed by atoms with Gasteiger partial charge >= 0.3 is 0 Å². The van der Waals surface area contributed by atoms with E-state index in [-0.39, 0.29) is 11.5 Å². The lowest BCUT2D eigenvalue weighted by molar-refractivity contribution is -0.123. The lowest BCUT2D eigenvalue weighted by Crippen LogP contribution is -2.45. The van der Waals surface area contributed by atoms with Gasteiger partial charge in [0.25, 0.3) is 5.56 Å². The summed E-state index contributed by atoms with van der Waals surface area (Å²) < 4.78 is 1.63. The van der Waals surface area contributed by atoms with Gasteiger partial charge in [0.2, 0.25) is 5.91 Å². The molecule has 1 saturated heterocycles. The van der Waals surface area contributed by atoms with Crippen molar-refractivity contribution in [2.24, 2.45) is 5.92 Å². The van der Waals surface area contributed by atoms with Crippen LogP contribution in [0.4, 0.5) is 0 Å². The summed E-state index contributed by atoms with van der Waals surface area (Å²) in [5, 5.41) is 3.25. The number of hydrogen-bond acceptors (Lipinski definition) is 4. The molecule has 156 valence electrons. The number of nitrogens with zero attached hydrogens (tertiary/aromatic N) is 3. The first-order chi connectivity index (χ1) is 14.1. The fourth-order valence-corrected chi connectivity index (χ4v) is 4.86. The Morgan fingerprint density at radius 3 is 2.69 bits per heavy atom. The highest BCUT2D eigenvalue weighted by atomic mass is 16.1. The number of nitrogens with one attached hydrogen (secondary N) is 1. The second-order valence-corrected chi connectivity index (χ2v) is 8.70. The van der Waals surface area contributed by atoms with Crippen LogP contribution in [0.1, 0.15) is 56.2 Å². The minimum absolute atomic E-state index is 0.0437. The van der Waals surface area contributed by atoms with Gasteiger partial charge in [-0.1, -0.05) is 18.9 Å². The van der Waals surface area contributed by atoms with Crippen LogP contribution in [0.5, 0.6) is 0 Å². The van der Waals surface area contributed by atoms with Gasteiger partial charge in [0, 0.05) is 49.6 Å². The van der Waals surface area contributed by atoms with Crippen LogP contribution in [0.2, 0.25) is 0 Å². The predicted molar refractivity (Wildman–Crippen MR) is 114 cm³/mol. The highest BCUT2D eigenvalue weighted by Gasteiger charge is 2.23. The van der Waals surface area contributed by atoms with Crippen LogP contribution in [0.25, 0.3) is 5.65 Å². The van der Waals surface area contributed by atoms with Gasteiger partial charge in [-0.05, 0) is 57.1 Å². The van der Waals surface area contributed by atoms with Gasteiger partial charge in [0.15, 0.2) is 0 Å². The third kappa shape index (κ3) is 4.86. The van der Waals surface area contributed by atoms with E-state index in [1.807, 2.05) is 25.1 Å². The SMILES string of the molecule is Cc1nc2ccccn2c(=O)c1CCN1CCC(NC(=O)CC2CCCC2)CC1. The molecule has 4 rings (SSSR count). The molecule has 6 nitrogen and oxygen atoms in total. The number of pyridine rings is 1. The van der Waals surface area contributed by atoms with Gasteiger partial charge in [-0.2, -0.15) is 0 Å². The Labute approximate surface area is 172 Å². The van der Waals surface area contributed by atoms with E-state index in [9.17, 15) is 9.59 Å². The van der Waals surface area contributed by atoms with E-state index < -0.39 is 0 Å². The Morgan fingerprint density at radius 1 is 1.17 bits per heavy atom. The van der Waals surface area contributed by atoms with E-state index in [0.717, 1.165) is 43.7 Å². The molecular formula is C23H32N4O2. The van der Waals surface area contributed by atoms with Gasteiger partial charge < -0.3 is 10.2 Å². The number of amides is 1. The van der Waals surface area contributed by atoms with Gasteiger partial charge in [0.1, 0.15) is 5.65 Å². The molecule has 6 heteroatoms. The number of piperidine rings is 1. The van der Waals surface area contributed by atoms with Crippen molar-refractivity contribution < 1.29 is 4.79 Å². The summed E-state index contributed by atoms with van der Waals surface area (Å²) in [6.45, 7) is 4.72. The molecule has 1 N–H and O–H groups in total. The molecule has 0 unspecified atom stereocenters.